The van der Waals surface area contributed by atoms with Crippen LogP contribution in [-0.2, 0) is 26.1 Å². The first-order chi connectivity index (χ1) is 16.0. The standard InChI is InChI=1S/C24H25N3O5S/c28-24(25-29)9-4-19-10-11-27(18-19)33(30,31)23-7-5-21(6-8-23)22-3-1-2-20(16-22)17-26-12-14-32-15-13-26/h1-11,16,18,29H,12-15,17H2,(H,25,28). The first kappa shape index (κ1) is 22.9. The minimum atomic E-state index is -3.77. The van der Waals surface area contributed by atoms with E-state index >= 15 is 0 Å². The van der Waals surface area contributed by atoms with E-state index in [-0.39, 0.29) is 4.90 Å². The van der Waals surface area contributed by atoms with Gasteiger partial charge in [-0.2, -0.15) is 0 Å². The van der Waals surface area contributed by atoms with Gasteiger partial charge >= 0.3 is 0 Å². The zero-order valence-electron chi connectivity index (χ0n) is 17.9. The van der Waals surface area contributed by atoms with Gasteiger partial charge in [-0.3, -0.25) is 14.9 Å². The molecule has 0 bridgehead atoms. The summed E-state index contributed by atoms with van der Waals surface area (Å²) in [4.78, 5) is 13.6. The molecule has 8 nitrogen and oxygen atoms in total. The summed E-state index contributed by atoms with van der Waals surface area (Å²) in [6.07, 6.45) is 5.33. The minimum Gasteiger partial charge on any atom is -0.379 e. The fourth-order valence-electron chi connectivity index (χ4n) is 3.66. The summed E-state index contributed by atoms with van der Waals surface area (Å²) in [5, 5.41) is 8.53. The van der Waals surface area contributed by atoms with Crippen LogP contribution in [0, 0.1) is 0 Å². The summed E-state index contributed by atoms with van der Waals surface area (Å²) in [5.41, 5.74) is 5.16. The molecule has 9 heteroatoms. The van der Waals surface area contributed by atoms with Crippen molar-refractivity contribution in [1.82, 2.24) is 14.4 Å². The van der Waals surface area contributed by atoms with Crippen molar-refractivity contribution in [2.75, 3.05) is 26.3 Å². The number of ether oxygens (including phenoxy) is 1. The number of nitrogens with zero attached hydrogens (tertiary/aromatic N) is 2. The number of hydroxylamine groups is 1. The molecule has 1 saturated heterocycles. The lowest BCUT2D eigenvalue weighted by Crippen LogP contribution is -2.35. The summed E-state index contributed by atoms with van der Waals surface area (Å²) in [6.45, 7) is 4.21. The lowest BCUT2D eigenvalue weighted by Gasteiger charge is -2.26. The van der Waals surface area contributed by atoms with Crippen LogP contribution in [0.5, 0.6) is 0 Å². The number of aromatic nitrogens is 1. The van der Waals surface area contributed by atoms with Crippen molar-refractivity contribution in [3.8, 4) is 11.1 Å². The van der Waals surface area contributed by atoms with E-state index in [1.807, 2.05) is 12.1 Å². The third kappa shape index (κ3) is 5.58. The van der Waals surface area contributed by atoms with Gasteiger partial charge in [-0.15, -0.1) is 0 Å². The number of rotatable bonds is 7. The van der Waals surface area contributed by atoms with Crippen LogP contribution < -0.4 is 5.48 Å². The van der Waals surface area contributed by atoms with E-state index in [4.69, 9.17) is 9.94 Å². The zero-order valence-corrected chi connectivity index (χ0v) is 18.7. The SMILES string of the molecule is O=C(C=Cc1ccn(S(=O)(=O)c2ccc(-c3cccc(CN4CCOCC4)c3)cc2)c1)NO. The Morgan fingerprint density at radius 3 is 2.55 bits per heavy atom. The highest BCUT2D eigenvalue weighted by atomic mass is 32.2. The van der Waals surface area contributed by atoms with Crippen molar-refractivity contribution >= 4 is 22.0 Å². The second-order valence-corrected chi connectivity index (χ2v) is 9.55. The Bertz CT molecular complexity index is 1240. The number of amides is 1. The monoisotopic (exact) mass is 467 g/mol. The molecule has 0 saturated carbocycles. The Morgan fingerprint density at radius 1 is 1.06 bits per heavy atom. The summed E-state index contributed by atoms with van der Waals surface area (Å²) in [7, 11) is -3.77. The predicted molar refractivity (Wildman–Crippen MR) is 124 cm³/mol. The van der Waals surface area contributed by atoms with Gasteiger partial charge in [0.05, 0.1) is 18.1 Å². The highest BCUT2D eigenvalue weighted by Gasteiger charge is 2.17. The number of nitrogens with one attached hydrogen (secondary N) is 1. The second-order valence-electron chi connectivity index (χ2n) is 7.70. The van der Waals surface area contributed by atoms with Gasteiger partial charge in [0.1, 0.15) is 0 Å². The molecule has 1 fully saturated rings. The number of carbonyl (C=O) groups excluding carboxylic acids is 1. The molecule has 2 heterocycles. The number of morpholine rings is 1. The summed E-state index contributed by atoms with van der Waals surface area (Å²) in [5.74, 6) is -0.699. The lowest BCUT2D eigenvalue weighted by atomic mass is 10.0. The van der Waals surface area contributed by atoms with E-state index in [9.17, 15) is 13.2 Å². The molecule has 0 aliphatic carbocycles. The van der Waals surface area contributed by atoms with Gasteiger partial charge in [0, 0.05) is 38.1 Å². The summed E-state index contributed by atoms with van der Waals surface area (Å²) >= 11 is 0. The highest BCUT2D eigenvalue weighted by molar-refractivity contribution is 7.90. The van der Waals surface area contributed by atoms with Crippen LogP contribution in [-0.4, -0.2) is 54.7 Å². The third-order valence-corrected chi connectivity index (χ3v) is 7.08. The molecule has 4 rings (SSSR count). The molecule has 172 valence electrons. The Labute approximate surface area is 192 Å². The van der Waals surface area contributed by atoms with Gasteiger partial charge < -0.3 is 4.74 Å². The van der Waals surface area contributed by atoms with Crippen LogP contribution in [0.2, 0.25) is 0 Å². The molecule has 0 unspecified atom stereocenters. The van der Waals surface area contributed by atoms with E-state index in [1.54, 1.807) is 30.3 Å². The number of hydrogen-bond acceptors (Lipinski definition) is 6. The third-order valence-electron chi connectivity index (χ3n) is 5.43. The summed E-state index contributed by atoms with van der Waals surface area (Å²) < 4.78 is 32.4. The molecule has 33 heavy (non-hydrogen) atoms. The maximum atomic E-state index is 13.0. The van der Waals surface area contributed by atoms with E-state index < -0.39 is 15.9 Å². The van der Waals surface area contributed by atoms with Gasteiger partial charge in [-0.25, -0.2) is 17.9 Å². The van der Waals surface area contributed by atoms with Crippen LogP contribution in [0.3, 0.4) is 0 Å². The van der Waals surface area contributed by atoms with E-state index in [0.717, 1.165) is 54.0 Å². The maximum Gasteiger partial charge on any atom is 0.267 e. The second kappa shape index (κ2) is 10.1. The molecule has 0 spiro atoms. The smallest absolute Gasteiger partial charge is 0.267 e. The van der Waals surface area contributed by atoms with Gasteiger partial charge in [0.25, 0.3) is 15.9 Å². The average Bonchev–Trinajstić information content (AvgIpc) is 3.33. The zero-order chi connectivity index (χ0) is 23.3. The van der Waals surface area contributed by atoms with E-state index in [2.05, 4.69) is 17.0 Å². The van der Waals surface area contributed by atoms with Crippen molar-refractivity contribution in [3.05, 3.63) is 84.2 Å². The molecule has 3 aromatic rings. The van der Waals surface area contributed by atoms with Gasteiger partial charge in [-0.1, -0.05) is 30.3 Å². The Kier molecular flexibility index (Phi) is 7.05. The normalized spacial score (nSPS) is 15.1. The number of benzene rings is 2. The van der Waals surface area contributed by atoms with E-state index in [0.29, 0.717) is 5.56 Å². The highest BCUT2D eigenvalue weighted by Crippen LogP contribution is 2.24. The van der Waals surface area contributed by atoms with E-state index in [1.165, 1.54) is 29.5 Å². The van der Waals surface area contributed by atoms with Crippen molar-refractivity contribution in [2.45, 2.75) is 11.4 Å². The topological polar surface area (TPSA) is 101 Å². The van der Waals surface area contributed by atoms with Crippen molar-refractivity contribution in [1.29, 1.82) is 0 Å². The Balaban J connectivity index is 1.50. The molecule has 1 aliphatic heterocycles. The number of hydrogen-bond donors (Lipinski definition) is 2. The van der Waals surface area contributed by atoms with Crippen LogP contribution in [0.25, 0.3) is 17.2 Å². The molecule has 0 atom stereocenters. The van der Waals surface area contributed by atoms with Crippen molar-refractivity contribution in [3.63, 3.8) is 0 Å². The molecule has 1 aliphatic rings. The molecular formula is C24H25N3O5S. The van der Waals surface area contributed by atoms with Crippen LogP contribution in [0.1, 0.15) is 11.1 Å². The first-order valence-corrected chi connectivity index (χ1v) is 11.9. The van der Waals surface area contributed by atoms with Crippen LogP contribution in [0.4, 0.5) is 0 Å². The minimum absolute atomic E-state index is 0.162. The van der Waals surface area contributed by atoms with Crippen molar-refractivity contribution in [2.24, 2.45) is 0 Å². The molecule has 0 radical (unpaired) electrons. The molecule has 1 aromatic heterocycles. The fourth-order valence-corrected chi connectivity index (χ4v) is 4.86. The average molecular weight is 468 g/mol. The van der Waals surface area contributed by atoms with Crippen LogP contribution >= 0.6 is 0 Å². The Morgan fingerprint density at radius 2 is 1.82 bits per heavy atom. The quantitative estimate of drug-likeness (QED) is 0.315. The van der Waals surface area contributed by atoms with Gasteiger partial charge in [0.15, 0.2) is 0 Å². The Hall–Kier alpha value is -3.24. The summed E-state index contributed by atoms with van der Waals surface area (Å²) in [6, 6.07) is 16.6. The molecule has 2 N–H and O–H groups in total. The predicted octanol–water partition coefficient (Wildman–Crippen LogP) is 2.74. The molecule has 2 aromatic carbocycles. The largest absolute Gasteiger partial charge is 0.379 e. The lowest BCUT2D eigenvalue weighted by molar-refractivity contribution is -0.124. The molecular weight excluding hydrogens is 442 g/mol. The fraction of sp³-hybridized carbons (Fsp3) is 0.208. The number of carbonyl (C=O) groups is 1. The van der Waals surface area contributed by atoms with Gasteiger partial charge in [-0.05, 0) is 52.6 Å². The van der Waals surface area contributed by atoms with Crippen LogP contribution in [0.15, 0.2) is 78.0 Å². The first-order valence-electron chi connectivity index (χ1n) is 10.5. The maximum absolute atomic E-state index is 13.0. The van der Waals surface area contributed by atoms with Crippen molar-refractivity contribution < 1.29 is 23.2 Å². The molecule has 1 amide bonds. The van der Waals surface area contributed by atoms with Gasteiger partial charge in [0.2, 0.25) is 0 Å².